The number of carbonyl (C=O) groups excluding carboxylic acids is 1. The third-order valence-corrected chi connectivity index (χ3v) is 2.55. The van der Waals surface area contributed by atoms with E-state index in [9.17, 15) is 4.79 Å². The molecule has 1 aromatic carbocycles. The Bertz CT molecular complexity index is 360. The van der Waals surface area contributed by atoms with Gasteiger partial charge in [-0.1, -0.05) is 38.5 Å². The van der Waals surface area contributed by atoms with Crippen LogP contribution in [0.25, 0.3) is 0 Å². The molecule has 0 aliphatic rings. The normalized spacial score (nSPS) is 9.71. The van der Waals surface area contributed by atoms with Crippen LogP contribution in [-0.4, -0.2) is 38.8 Å². The van der Waals surface area contributed by atoms with Crippen LogP contribution in [0.5, 0.6) is 5.75 Å². The maximum atomic E-state index is 10.9. The number of ether oxygens (including phenoxy) is 3. The van der Waals surface area contributed by atoms with Gasteiger partial charge in [0.05, 0.1) is 19.8 Å². The Hall–Kier alpha value is -1.39. The van der Waals surface area contributed by atoms with E-state index in [0.29, 0.717) is 32.8 Å². The van der Waals surface area contributed by atoms with E-state index in [1.54, 1.807) is 0 Å². The molecule has 0 bridgehead atoms. The summed E-state index contributed by atoms with van der Waals surface area (Å²) in [5, 5.41) is 0. The molecule has 0 atom stereocenters. The molecule has 0 fully saturated rings. The second-order valence-electron chi connectivity index (χ2n) is 4.22. The minimum absolute atomic E-state index is 0.114. The lowest BCUT2D eigenvalue weighted by Crippen LogP contribution is -2.13. The van der Waals surface area contributed by atoms with Gasteiger partial charge in [-0.3, -0.25) is 4.79 Å². The summed E-state index contributed by atoms with van der Waals surface area (Å²) in [5.74, 6) is 0.960. The van der Waals surface area contributed by atoms with Gasteiger partial charge in [0, 0.05) is 6.42 Å². The molecule has 4 nitrogen and oxygen atoms in total. The predicted molar refractivity (Wildman–Crippen MR) is 85.0 cm³/mol. The van der Waals surface area contributed by atoms with E-state index in [1.165, 1.54) is 5.56 Å². The molecule has 4 heteroatoms. The highest BCUT2D eigenvalue weighted by Crippen LogP contribution is 2.10. The molecule has 0 unspecified atom stereocenters. The van der Waals surface area contributed by atoms with Gasteiger partial charge >= 0.3 is 0 Å². The zero-order valence-electron chi connectivity index (χ0n) is 13.7. The lowest BCUT2D eigenvalue weighted by molar-refractivity contribution is -0.123. The Morgan fingerprint density at radius 1 is 0.952 bits per heavy atom. The fraction of sp³-hybridized carbons (Fsp3) is 0.588. The molecule has 1 rings (SSSR count). The van der Waals surface area contributed by atoms with Crippen LogP contribution < -0.4 is 4.74 Å². The van der Waals surface area contributed by atoms with Gasteiger partial charge in [-0.25, -0.2) is 0 Å². The van der Waals surface area contributed by atoms with Crippen LogP contribution in [0.4, 0.5) is 0 Å². The summed E-state index contributed by atoms with van der Waals surface area (Å²) < 4.78 is 16.0. The number of rotatable bonds is 10. The Balaban J connectivity index is 0.00000191. The van der Waals surface area contributed by atoms with Crippen molar-refractivity contribution in [2.45, 2.75) is 34.1 Å². The van der Waals surface area contributed by atoms with Crippen molar-refractivity contribution in [2.75, 3.05) is 33.0 Å². The van der Waals surface area contributed by atoms with Gasteiger partial charge in [-0.05, 0) is 19.1 Å². The second-order valence-corrected chi connectivity index (χ2v) is 4.22. The van der Waals surface area contributed by atoms with E-state index in [-0.39, 0.29) is 12.4 Å². The van der Waals surface area contributed by atoms with Crippen LogP contribution in [0.3, 0.4) is 0 Å². The molecule has 0 saturated heterocycles. The smallest absolute Gasteiger partial charge is 0.158 e. The minimum Gasteiger partial charge on any atom is -0.491 e. The fourth-order valence-electron chi connectivity index (χ4n) is 1.36. The van der Waals surface area contributed by atoms with Gasteiger partial charge < -0.3 is 14.2 Å². The highest BCUT2D eigenvalue weighted by Gasteiger charge is 1.97. The van der Waals surface area contributed by atoms with Gasteiger partial charge in [0.1, 0.15) is 19.0 Å². The van der Waals surface area contributed by atoms with E-state index in [2.05, 4.69) is 0 Å². The maximum absolute atomic E-state index is 10.9. The number of hydrogen-bond donors (Lipinski definition) is 0. The third kappa shape index (κ3) is 11.0. The molecule has 0 N–H and O–H groups in total. The van der Waals surface area contributed by atoms with Crippen LogP contribution in [0.1, 0.15) is 32.8 Å². The topological polar surface area (TPSA) is 44.8 Å². The molecule has 120 valence electrons. The Morgan fingerprint density at radius 3 is 2.14 bits per heavy atom. The van der Waals surface area contributed by atoms with Gasteiger partial charge in [0.2, 0.25) is 0 Å². The van der Waals surface area contributed by atoms with Crippen molar-refractivity contribution in [1.82, 2.24) is 0 Å². The molecule has 0 amide bonds. The van der Waals surface area contributed by atoms with E-state index in [1.807, 2.05) is 52.0 Å². The van der Waals surface area contributed by atoms with Crippen LogP contribution in [0.15, 0.2) is 24.3 Å². The molecule has 0 aromatic heterocycles. The zero-order chi connectivity index (χ0) is 15.9. The summed E-state index contributed by atoms with van der Waals surface area (Å²) in [6.07, 6.45) is 0.519. The van der Waals surface area contributed by atoms with Crippen molar-refractivity contribution in [1.29, 1.82) is 0 Å². The third-order valence-electron chi connectivity index (χ3n) is 2.55. The molecular formula is C17H28O4. The summed E-state index contributed by atoms with van der Waals surface area (Å²) in [7, 11) is 0. The number of benzene rings is 1. The van der Waals surface area contributed by atoms with Gasteiger partial charge in [-0.15, -0.1) is 0 Å². The number of carbonyl (C=O) groups is 1. The minimum atomic E-state index is 0.114. The molecule has 0 spiro atoms. The van der Waals surface area contributed by atoms with Crippen LogP contribution in [0, 0.1) is 6.92 Å². The summed E-state index contributed by atoms with van der Waals surface area (Å²) in [4.78, 5) is 10.9. The van der Waals surface area contributed by atoms with Crippen LogP contribution in [-0.2, 0) is 14.3 Å². The summed E-state index contributed by atoms with van der Waals surface area (Å²) in [5.41, 5.74) is 1.21. The monoisotopic (exact) mass is 296 g/mol. The number of ketones is 1. The average molecular weight is 296 g/mol. The van der Waals surface area contributed by atoms with Gasteiger partial charge in [-0.2, -0.15) is 0 Å². The molecule has 0 radical (unpaired) electrons. The van der Waals surface area contributed by atoms with E-state index in [4.69, 9.17) is 14.2 Å². The SMILES string of the molecule is CC.CCC(=O)COCCOCCOc1ccc(C)cc1. The molecule has 1 aromatic rings. The number of aryl methyl sites for hydroxylation is 1. The lowest BCUT2D eigenvalue weighted by atomic mass is 10.2. The summed E-state index contributed by atoms with van der Waals surface area (Å²) in [6, 6.07) is 7.90. The first kappa shape index (κ1) is 19.6. The average Bonchev–Trinajstić information content (AvgIpc) is 2.53. The van der Waals surface area contributed by atoms with Crippen molar-refractivity contribution < 1.29 is 19.0 Å². The zero-order valence-corrected chi connectivity index (χ0v) is 13.7. The fourth-order valence-corrected chi connectivity index (χ4v) is 1.36. The standard InChI is InChI=1S/C15H22O4.C2H6/c1-3-14(16)12-18-9-8-17-10-11-19-15-6-4-13(2)5-7-15;1-2/h4-7H,3,8-12H2,1-2H3;1-2H3. The highest BCUT2D eigenvalue weighted by atomic mass is 16.5. The Labute approximate surface area is 128 Å². The first-order valence-electron chi connectivity index (χ1n) is 7.59. The van der Waals surface area contributed by atoms with Crippen molar-refractivity contribution in [3.8, 4) is 5.75 Å². The van der Waals surface area contributed by atoms with Gasteiger partial charge in [0.15, 0.2) is 5.78 Å². The first-order chi connectivity index (χ1) is 10.2. The predicted octanol–water partition coefficient (Wildman–Crippen LogP) is 3.41. The quantitative estimate of drug-likeness (QED) is 0.621. The lowest BCUT2D eigenvalue weighted by Gasteiger charge is -2.07. The highest BCUT2D eigenvalue weighted by molar-refractivity contribution is 5.79. The molecule has 21 heavy (non-hydrogen) atoms. The molecule has 0 aliphatic heterocycles. The van der Waals surface area contributed by atoms with Crippen molar-refractivity contribution in [3.63, 3.8) is 0 Å². The van der Waals surface area contributed by atoms with Crippen LogP contribution >= 0.6 is 0 Å². The summed E-state index contributed by atoms with van der Waals surface area (Å²) in [6.45, 7) is 9.99. The van der Waals surface area contributed by atoms with Crippen molar-refractivity contribution in [2.24, 2.45) is 0 Å². The largest absolute Gasteiger partial charge is 0.491 e. The first-order valence-corrected chi connectivity index (χ1v) is 7.59. The van der Waals surface area contributed by atoms with Crippen molar-refractivity contribution in [3.05, 3.63) is 29.8 Å². The number of hydrogen-bond acceptors (Lipinski definition) is 4. The Kier molecular flexibility index (Phi) is 12.7. The maximum Gasteiger partial charge on any atom is 0.158 e. The molecular weight excluding hydrogens is 268 g/mol. The Morgan fingerprint density at radius 2 is 1.52 bits per heavy atom. The second kappa shape index (κ2) is 13.6. The molecule has 0 saturated carbocycles. The van der Waals surface area contributed by atoms with E-state index in [0.717, 1.165) is 5.75 Å². The van der Waals surface area contributed by atoms with E-state index < -0.39 is 0 Å². The summed E-state index contributed by atoms with van der Waals surface area (Å²) >= 11 is 0. The van der Waals surface area contributed by atoms with Gasteiger partial charge in [0.25, 0.3) is 0 Å². The van der Waals surface area contributed by atoms with Crippen LogP contribution in [0.2, 0.25) is 0 Å². The van der Waals surface area contributed by atoms with E-state index >= 15 is 0 Å². The molecule has 0 aliphatic carbocycles. The molecule has 0 heterocycles. The number of Topliss-reactive ketones (excluding diaryl/α,β-unsaturated/α-hetero) is 1. The van der Waals surface area contributed by atoms with Crippen molar-refractivity contribution >= 4 is 5.78 Å².